The Labute approximate surface area is 168 Å². The van der Waals surface area contributed by atoms with Gasteiger partial charge in [0.2, 0.25) is 0 Å². The summed E-state index contributed by atoms with van der Waals surface area (Å²) < 4.78 is 24.6. The molecule has 0 aromatic heterocycles. The average Bonchev–Trinajstić information content (AvgIpc) is 2.61. The molecule has 0 saturated heterocycles. The van der Waals surface area contributed by atoms with E-state index in [-0.39, 0.29) is 69.4 Å². The lowest BCUT2D eigenvalue weighted by atomic mass is 9.89. The van der Waals surface area contributed by atoms with Crippen LogP contribution in [0.2, 0.25) is 0 Å². The minimum absolute atomic E-state index is 0.0546. The highest BCUT2D eigenvalue weighted by Crippen LogP contribution is 2.47. The molecule has 2 rings (SSSR count). The van der Waals surface area contributed by atoms with E-state index in [1.165, 1.54) is 0 Å². The first-order valence-corrected chi connectivity index (χ1v) is 12.5. The van der Waals surface area contributed by atoms with Crippen molar-refractivity contribution >= 4 is 42.3 Å². The van der Waals surface area contributed by atoms with Gasteiger partial charge in [-0.1, -0.05) is 27.7 Å². The first-order valence-electron chi connectivity index (χ1n) is 9.27. The van der Waals surface area contributed by atoms with Gasteiger partial charge in [0, 0.05) is 10.9 Å². The molecule has 0 aliphatic carbocycles. The molecule has 0 atom stereocenters. The van der Waals surface area contributed by atoms with Gasteiger partial charge in [0.15, 0.2) is 0 Å². The number of rotatable bonds is 7. The van der Waals surface area contributed by atoms with Crippen molar-refractivity contribution in [3.8, 4) is 0 Å². The number of nitro benzene ring substituents is 1. The van der Waals surface area contributed by atoms with Gasteiger partial charge in [-0.2, -0.15) is 0 Å². The topological polar surface area (TPSA) is 158 Å². The molecule has 0 heterocycles. The molecule has 0 saturated carbocycles. The largest absolute Gasteiger partial charge is 0.357 e. The molecule has 160 valence electrons. The molecule has 0 aliphatic heterocycles. The molecular weight excluding hydrogens is 420 g/mol. The summed E-state index contributed by atoms with van der Waals surface area (Å²) in [5.74, 6) is 0. The van der Waals surface area contributed by atoms with Gasteiger partial charge >= 0.3 is 15.2 Å². The SMILES string of the molecule is CCc1c(CC)c([N+](=O)[O-])c2c(CC)c(CC)c(P(=O)(O)O)cc2c1P(=O)(O)O. The van der Waals surface area contributed by atoms with Crippen molar-refractivity contribution in [1.29, 1.82) is 0 Å². The van der Waals surface area contributed by atoms with Gasteiger partial charge in [-0.05, 0) is 48.4 Å². The molecule has 0 amide bonds. The van der Waals surface area contributed by atoms with Gasteiger partial charge in [0.25, 0.3) is 5.69 Å². The molecule has 0 unspecified atom stereocenters. The Balaban J connectivity index is 3.44. The highest BCUT2D eigenvalue weighted by Gasteiger charge is 2.36. The fourth-order valence-electron chi connectivity index (χ4n) is 4.16. The molecule has 2 aromatic rings. The molecule has 0 spiro atoms. The van der Waals surface area contributed by atoms with Gasteiger partial charge in [0.1, 0.15) is 0 Å². The third-order valence-electron chi connectivity index (χ3n) is 5.16. The Kier molecular flexibility index (Phi) is 6.75. The van der Waals surface area contributed by atoms with Crippen LogP contribution in [0.3, 0.4) is 0 Å². The van der Waals surface area contributed by atoms with E-state index in [0.717, 1.165) is 6.07 Å². The number of benzene rings is 2. The fourth-order valence-corrected chi connectivity index (χ4v) is 6.24. The second-order valence-electron chi connectivity index (χ2n) is 6.69. The van der Waals surface area contributed by atoms with E-state index < -0.39 is 20.1 Å². The first kappa shape index (κ1) is 23.7. The standard InChI is InChI=1S/C18H25NO8P2/c1-5-10-11(6-2)16-14(9-15(10)28(22,23)24)18(29(25,26)27)13(8-4)12(7-3)17(16)19(20)21/h9H,5-8H2,1-4H3,(H2,22,23,24)(H2,25,26,27). The van der Waals surface area contributed by atoms with Crippen molar-refractivity contribution in [2.24, 2.45) is 0 Å². The molecule has 2 aromatic carbocycles. The summed E-state index contributed by atoms with van der Waals surface area (Å²) in [7, 11) is -9.70. The lowest BCUT2D eigenvalue weighted by molar-refractivity contribution is -0.383. The van der Waals surface area contributed by atoms with Crippen LogP contribution in [0.5, 0.6) is 0 Å². The molecule has 29 heavy (non-hydrogen) atoms. The minimum Gasteiger partial charge on any atom is -0.321 e. The molecule has 0 aliphatic rings. The van der Waals surface area contributed by atoms with Crippen molar-refractivity contribution < 1.29 is 33.6 Å². The van der Waals surface area contributed by atoms with Crippen molar-refractivity contribution in [2.45, 2.75) is 53.4 Å². The summed E-state index contributed by atoms with van der Waals surface area (Å²) in [5, 5.41) is 11.2. The van der Waals surface area contributed by atoms with E-state index in [9.17, 15) is 38.8 Å². The second-order valence-corrected chi connectivity index (χ2v) is 9.79. The van der Waals surface area contributed by atoms with Crippen molar-refractivity contribution in [3.05, 3.63) is 38.4 Å². The van der Waals surface area contributed by atoms with E-state index in [0.29, 0.717) is 5.56 Å². The summed E-state index contributed by atoms with van der Waals surface area (Å²) in [6.45, 7) is 6.68. The van der Waals surface area contributed by atoms with Crippen LogP contribution in [-0.4, -0.2) is 24.5 Å². The Hall–Kier alpha value is -1.60. The maximum atomic E-state index is 12.4. The van der Waals surface area contributed by atoms with Crippen LogP contribution in [0, 0.1) is 10.1 Å². The molecule has 0 fully saturated rings. The van der Waals surface area contributed by atoms with E-state index >= 15 is 0 Å². The number of hydrogen-bond acceptors (Lipinski definition) is 4. The van der Waals surface area contributed by atoms with Gasteiger partial charge in [-0.3, -0.25) is 19.2 Å². The maximum absolute atomic E-state index is 12.4. The number of hydrogen-bond donors (Lipinski definition) is 4. The Morgan fingerprint density at radius 1 is 0.828 bits per heavy atom. The highest BCUT2D eigenvalue weighted by molar-refractivity contribution is 7.61. The van der Waals surface area contributed by atoms with Crippen LogP contribution in [-0.2, 0) is 34.8 Å². The number of fused-ring (bicyclic) bond motifs is 1. The zero-order valence-electron chi connectivity index (χ0n) is 16.7. The van der Waals surface area contributed by atoms with Crippen molar-refractivity contribution in [3.63, 3.8) is 0 Å². The van der Waals surface area contributed by atoms with E-state index in [4.69, 9.17) is 0 Å². The van der Waals surface area contributed by atoms with Crippen LogP contribution < -0.4 is 10.6 Å². The van der Waals surface area contributed by atoms with E-state index in [1.54, 1.807) is 27.7 Å². The van der Waals surface area contributed by atoms with E-state index in [2.05, 4.69) is 0 Å². The van der Waals surface area contributed by atoms with Crippen LogP contribution >= 0.6 is 15.2 Å². The zero-order chi connectivity index (χ0) is 22.3. The highest BCUT2D eigenvalue weighted by atomic mass is 31.2. The number of nitrogens with zero attached hydrogens (tertiary/aromatic N) is 1. The van der Waals surface area contributed by atoms with Gasteiger partial charge < -0.3 is 19.6 Å². The van der Waals surface area contributed by atoms with E-state index in [1.807, 2.05) is 0 Å². The number of aryl methyl sites for hydroxylation is 1. The summed E-state index contributed by atoms with van der Waals surface area (Å²) >= 11 is 0. The lowest BCUT2D eigenvalue weighted by Gasteiger charge is -2.23. The predicted octanol–water partition coefficient (Wildman–Crippen LogP) is 2.60. The van der Waals surface area contributed by atoms with Gasteiger partial charge in [-0.15, -0.1) is 0 Å². The quantitative estimate of drug-likeness (QED) is 0.288. The van der Waals surface area contributed by atoms with Crippen LogP contribution in [0.1, 0.15) is 49.9 Å². The third kappa shape index (κ3) is 4.04. The third-order valence-corrected chi connectivity index (χ3v) is 7.28. The average molecular weight is 445 g/mol. The first-order chi connectivity index (χ1) is 13.3. The molecule has 9 nitrogen and oxygen atoms in total. The summed E-state index contributed by atoms with van der Waals surface area (Å²) in [6, 6.07) is 1.04. The Morgan fingerprint density at radius 3 is 1.66 bits per heavy atom. The summed E-state index contributed by atoms with van der Waals surface area (Å²) in [5.41, 5.74) is 0.758. The van der Waals surface area contributed by atoms with Crippen LogP contribution in [0.25, 0.3) is 10.8 Å². The lowest BCUT2D eigenvalue weighted by Crippen LogP contribution is -2.22. The molecule has 0 bridgehead atoms. The molecular formula is C18H25NO8P2. The van der Waals surface area contributed by atoms with Crippen molar-refractivity contribution in [1.82, 2.24) is 0 Å². The van der Waals surface area contributed by atoms with Gasteiger partial charge in [0.05, 0.1) is 20.9 Å². The minimum atomic E-state index is -4.91. The molecule has 4 N–H and O–H groups in total. The number of nitro groups is 1. The normalized spacial score (nSPS) is 12.6. The summed E-state index contributed by atoms with van der Waals surface area (Å²) in [6.07, 6.45) is 0.735. The van der Waals surface area contributed by atoms with Crippen molar-refractivity contribution in [2.75, 3.05) is 0 Å². The predicted molar refractivity (Wildman–Crippen MR) is 111 cm³/mol. The summed E-state index contributed by atoms with van der Waals surface area (Å²) in [4.78, 5) is 51.3. The Bertz CT molecular complexity index is 1080. The smallest absolute Gasteiger partial charge is 0.321 e. The zero-order valence-corrected chi connectivity index (χ0v) is 18.5. The van der Waals surface area contributed by atoms with Gasteiger partial charge in [-0.25, -0.2) is 0 Å². The second kappa shape index (κ2) is 8.26. The molecule has 11 heteroatoms. The maximum Gasteiger partial charge on any atom is 0.357 e. The van der Waals surface area contributed by atoms with Crippen LogP contribution in [0.15, 0.2) is 6.07 Å². The Morgan fingerprint density at radius 2 is 1.31 bits per heavy atom. The van der Waals surface area contributed by atoms with Crippen LogP contribution in [0.4, 0.5) is 5.69 Å². The fraction of sp³-hybridized carbons (Fsp3) is 0.444. The monoisotopic (exact) mass is 445 g/mol. The molecule has 0 radical (unpaired) electrons.